The summed E-state index contributed by atoms with van der Waals surface area (Å²) in [5, 5.41) is 0.674. The molecule has 0 heterocycles. The molecule has 0 atom stereocenters. The molecule has 84 valence electrons. The minimum absolute atomic E-state index is 0.241. The molecule has 0 saturated carbocycles. The predicted octanol–water partition coefficient (Wildman–Crippen LogP) is 4.65. The highest BCUT2D eigenvalue weighted by molar-refractivity contribution is 6.32. The van der Waals surface area contributed by atoms with Gasteiger partial charge in [-0.2, -0.15) is 0 Å². The van der Waals surface area contributed by atoms with Gasteiger partial charge in [-0.1, -0.05) is 31.5 Å². The van der Waals surface area contributed by atoms with Crippen LogP contribution in [0.5, 0.6) is 5.75 Å². The van der Waals surface area contributed by atoms with Crippen LogP contribution in [0.1, 0.15) is 32.3 Å². The van der Waals surface area contributed by atoms with Crippen molar-refractivity contribution in [2.75, 3.05) is 0 Å². The molecule has 15 heavy (non-hydrogen) atoms. The van der Waals surface area contributed by atoms with Crippen molar-refractivity contribution in [3.05, 3.63) is 28.8 Å². The SMILES string of the molecule is CCC(CC)Oc1cccc(Cl)c1CCl. The molecule has 0 saturated heterocycles. The van der Waals surface area contributed by atoms with Crippen LogP contribution in [0.3, 0.4) is 0 Å². The zero-order chi connectivity index (χ0) is 11.3. The Morgan fingerprint density at radius 2 is 1.93 bits per heavy atom. The summed E-state index contributed by atoms with van der Waals surface area (Å²) in [4.78, 5) is 0. The monoisotopic (exact) mass is 246 g/mol. The lowest BCUT2D eigenvalue weighted by atomic mass is 10.2. The van der Waals surface area contributed by atoms with Crippen molar-refractivity contribution in [2.24, 2.45) is 0 Å². The Labute approximate surface area is 101 Å². The van der Waals surface area contributed by atoms with Gasteiger partial charge in [-0.25, -0.2) is 0 Å². The average Bonchev–Trinajstić information content (AvgIpc) is 2.26. The topological polar surface area (TPSA) is 9.23 Å². The van der Waals surface area contributed by atoms with Crippen LogP contribution >= 0.6 is 23.2 Å². The van der Waals surface area contributed by atoms with E-state index in [1.54, 1.807) is 0 Å². The van der Waals surface area contributed by atoms with Gasteiger partial charge in [0.25, 0.3) is 0 Å². The minimum atomic E-state index is 0.241. The zero-order valence-corrected chi connectivity index (χ0v) is 10.6. The summed E-state index contributed by atoms with van der Waals surface area (Å²) in [5.74, 6) is 1.20. The second kappa shape index (κ2) is 6.24. The van der Waals surface area contributed by atoms with Crippen molar-refractivity contribution in [3.8, 4) is 5.75 Å². The van der Waals surface area contributed by atoms with Crippen LogP contribution in [0, 0.1) is 0 Å². The number of halogens is 2. The van der Waals surface area contributed by atoms with Crippen LogP contribution in [0.25, 0.3) is 0 Å². The number of hydrogen-bond acceptors (Lipinski definition) is 1. The summed E-state index contributed by atoms with van der Waals surface area (Å²) < 4.78 is 5.85. The molecule has 0 fully saturated rings. The van der Waals surface area contributed by atoms with Crippen molar-refractivity contribution in [2.45, 2.75) is 38.7 Å². The Balaban J connectivity index is 2.88. The van der Waals surface area contributed by atoms with E-state index in [0.717, 1.165) is 24.2 Å². The molecule has 0 radical (unpaired) electrons. The predicted molar refractivity (Wildman–Crippen MR) is 66.0 cm³/mol. The molecule has 0 bridgehead atoms. The van der Waals surface area contributed by atoms with E-state index >= 15 is 0 Å². The summed E-state index contributed by atoms with van der Waals surface area (Å²) >= 11 is 11.9. The lowest BCUT2D eigenvalue weighted by Gasteiger charge is -2.18. The van der Waals surface area contributed by atoms with Crippen LogP contribution in [0.15, 0.2) is 18.2 Å². The maximum absolute atomic E-state index is 6.03. The number of rotatable bonds is 5. The summed E-state index contributed by atoms with van der Waals surface area (Å²) in [6, 6.07) is 5.64. The highest BCUT2D eigenvalue weighted by atomic mass is 35.5. The largest absolute Gasteiger partial charge is 0.490 e. The van der Waals surface area contributed by atoms with Crippen molar-refractivity contribution < 1.29 is 4.74 Å². The molecule has 0 unspecified atom stereocenters. The highest BCUT2D eigenvalue weighted by Crippen LogP contribution is 2.29. The number of alkyl halides is 1. The molecule has 1 nitrogen and oxygen atoms in total. The Hall–Kier alpha value is -0.400. The first-order valence-corrected chi connectivity index (χ1v) is 6.14. The van der Waals surface area contributed by atoms with Gasteiger partial charge in [-0.3, -0.25) is 0 Å². The van der Waals surface area contributed by atoms with E-state index in [9.17, 15) is 0 Å². The molecular formula is C12H16Cl2O. The van der Waals surface area contributed by atoms with E-state index in [1.165, 1.54) is 0 Å². The molecule has 3 heteroatoms. The van der Waals surface area contributed by atoms with Gasteiger partial charge in [-0.15, -0.1) is 11.6 Å². The maximum Gasteiger partial charge on any atom is 0.125 e. The second-order valence-corrected chi connectivity index (χ2v) is 4.08. The van der Waals surface area contributed by atoms with E-state index < -0.39 is 0 Å². The first-order valence-electron chi connectivity index (χ1n) is 5.22. The van der Waals surface area contributed by atoms with Gasteiger partial charge in [0.05, 0.1) is 12.0 Å². The quantitative estimate of drug-likeness (QED) is 0.688. The molecule has 0 aromatic heterocycles. The van der Waals surface area contributed by atoms with Crippen LogP contribution in [-0.4, -0.2) is 6.10 Å². The van der Waals surface area contributed by atoms with Gasteiger partial charge in [-0.05, 0) is 25.0 Å². The Bertz CT molecular complexity index is 308. The zero-order valence-electron chi connectivity index (χ0n) is 9.09. The smallest absolute Gasteiger partial charge is 0.125 e. The lowest BCUT2D eigenvalue weighted by Crippen LogP contribution is -2.14. The normalized spacial score (nSPS) is 10.7. The third-order valence-electron chi connectivity index (χ3n) is 2.41. The van der Waals surface area contributed by atoms with Gasteiger partial charge in [0.1, 0.15) is 5.75 Å². The van der Waals surface area contributed by atoms with E-state index in [-0.39, 0.29) is 6.10 Å². The molecule has 1 rings (SSSR count). The van der Waals surface area contributed by atoms with Crippen LogP contribution < -0.4 is 4.74 Å². The van der Waals surface area contributed by atoms with E-state index in [4.69, 9.17) is 27.9 Å². The molecule has 0 aliphatic rings. The first kappa shape index (κ1) is 12.7. The average molecular weight is 247 g/mol. The fourth-order valence-electron chi connectivity index (χ4n) is 1.41. The molecule has 0 aliphatic heterocycles. The molecule has 0 N–H and O–H groups in total. The van der Waals surface area contributed by atoms with Gasteiger partial charge in [0.15, 0.2) is 0 Å². The fraction of sp³-hybridized carbons (Fsp3) is 0.500. The van der Waals surface area contributed by atoms with Gasteiger partial charge in [0, 0.05) is 10.6 Å². The maximum atomic E-state index is 6.03. The third-order valence-corrected chi connectivity index (χ3v) is 3.04. The second-order valence-electron chi connectivity index (χ2n) is 3.41. The molecule has 1 aromatic carbocycles. The Morgan fingerprint density at radius 3 is 2.47 bits per heavy atom. The molecule has 0 amide bonds. The highest BCUT2D eigenvalue weighted by Gasteiger charge is 2.11. The van der Waals surface area contributed by atoms with Crippen LogP contribution in [0.2, 0.25) is 5.02 Å². The molecule has 0 aliphatic carbocycles. The Kier molecular flexibility index (Phi) is 5.27. The van der Waals surface area contributed by atoms with Crippen molar-refractivity contribution in [3.63, 3.8) is 0 Å². The van der Waals surface area contributed by atoms with Crippen molar-refractivity contribution in [1.29, 1.82) is 0 Å². The number of benzene rings is 1. The molecule has 1 aromatic rings. The summed E-state index contributed by atoms with van der Waals surface area (Å²) in [7, 11) is 0. The van der Waals surface area contributed by atoms with Crippen molar-refractivity contribution in [1.82, 2.24) is 0 Å². The third kappa shape index (κ3) is 3.29. The van der Waals surface area contributed by atoms with Gasteiger partial charge < -0.3 is 4.74 Å². The molecular weight excluding hydrogens is 231 g/mol. The van der Waals surface area contributed by atoms with Gasteiger partial charge in [0.2, 0.25) is 0 Å². The van der Waals surface area contributed by atoms with Crippen LogP contribution in [0.4, 0.5) is 0 Å². The number of hydrogen-bond donors (Lipinski definition) is 0. The minimum Gasteiger partial charge on any atom is -0.490 e. The van der Waals surface area contributed by atoms with E-state index in [1.807, 2.05) is 18.2 Å². The van der Waals surface area contributed by atoms with Gasteiger partial charge >= 0.3 is 0 Å². The summed E-state index contributed by atoms with van der Waals surface area (Å²) in [6.45, 7) is 4.22. The summed E-state index contributed by atoms with van der Waals surface area (Å²) in [6.07, 6.45) is 2.22. The van der Waals surface area contributed by atoms with Crippen molar-refractivity contribution >= 4 is 23.2 Å². The Morgan fingerprint density at radius 1 is 1.27 bits per heavy atom. The van der Waals surface area contributed by atoms with E-state index in [0.29, 0.717) is 10.9 Å². The fourth-order valence-corrected chi connectivity index (χ4v) is 1.99. The lowest BCUT2D eigenvalue weighted by molar-refractivity contribution is 0.191. The molecule has 0 spiro atoms. The van der Waals surface area contributed by atoms with Crippen LogP contribution in [-0.2, 0) is 5.88 Å². The summed E-state index contributed by atoms with van der Waals surface area (Å²) in [5.41, 5.74) is 0.882. The number of ether oxygens (including phenoxy) is 1. The first-order chi connectivity index (χ1) is 7.22. The standard InChI is InChI=1S/C12H16Cl2O/c1-3-9(4-2)15-12-7-5-6-11(14)10(12)8-13/h5-7,9H,3-4,8H2,1-2H3. The van der Waals surface area contributed by atoms with E-state index in [2.05, 4.69) is 13.8 Å².